The van der Waals surface area contributed by atoms with Gasteiger partial charge in [0.1, 0.15) is 0 Å². The zero-order chi connectivity index (χ0) is 12.3. The molecule has 1 aromatic carbocycles. The maximum atomic E-state index is 3.54. The van der Waals surface area contributed by atoms with Crippen LogP contribution in [0.25, 0.3) is 0 Å². The van der Waals surface area contributed by atoms with Crippen LogP contribution in [0.1, 0.15) is 43.9 Å². The Morgan fingerprint density at radius 1 is 1.24 bits per heavy atom. The van der Waals surface area contributed by atoms with Gasteiger partial charge >= 0.3 is 0 Å². The molecule has 2 heteroatoms. The number of hydrogen-bond acceptors (Lipinski definition) is 2. The fraction of sp³-hybridized carbons (Fsp3) is 0.600. The predicted molar refractivity (Wildman–Crippen MR) is 73.1 cm³/mol. The summed E-state index contributed by atoms with van der Waals surface area (Å²) in [7, 11) is 0. The summed E-state index contributed by atoms with van der Waals surface area (Å²) in [6.45, 7) is 9.85. The Hall–Kier alpha value is -0.860. The first-order valence-electron chi connectivity index (χ1n) is 6.62. The highest BCUT2D eigenvalue weighted by atomic mass is 14.9. The minimum absolute atomic E-state index is 0.236. The lowest BCUT2D eigenvalue weighted by Gasteiger charge is -2.20. The van der Waals surface area contributed by atoms with Crippen molar-refractivity contribution in [1.82, 2.24) is 10.6 Å². The molecule has 94 valence electrons. The van der Waals surface area contributed by atoms with Crippen LogP contribution < -0.4 is 10.6 Å². The minimum Gasteiger partial charge on any atom is -0.312 e. The molecule has 1 aliphatic heterocycles. The quantitative estimate of drug-likeness (QED) is 0.780. The highest BCUT2D eigenvalue weighted by Gasteiger charge is 2.13. The molecule has 0 spiro atoms. The van der Waals surface area contributed by atoms with E-state index in [2.05, 4.69) is 49.6 Å². The molecule has 2 rings (SSSR count). The monoisotopic (exact) mass is 232 g/mol. The van der Waals surface area contributed by atoms with E-state index in [1.165, 1.54) is 24.0 Å². The van der Waals surface area contributed by atoms with Crippen molar-refractivity contribution < 1.29 is 0 Å². The largest absolute Gasteiger partial charge is 0.312 e. The molecule has 1 aromatic rings. The second-order valence-electron chi connectivity index (χ2n) is 5.94. The van der Waals surface area contributed by atoms with Crippen molar-refractivity contribution in [1.29, 1.82) is 0 Å². The Morgan fingerprint density at radius 3 is 2.82 bits per heavy atom. The molecule has 1 heterocycles. The van der Waals surface area contributed by atoms with Crippen molar-refractivity contribution >= 4 is 0 Å². The molecule has 1 aliphatic rings. The van der Waals surface area contributed by atoms with Gasteiger partial charge in [-0.25, -0.2) is 0 Å². The SMILES string of the molecule is CC(C)(C)NCCCc1cccc2c1CNC2. The van der Waals surface area contributed by atoms with Crippen LogP contribution >= 0.6 is 0 Å². The number of rotatable bonds is 4. The van der Waals surface area contributed by atoms with Gasteiger partial charge in [0, 0.05) is 18.6 Å². The van der Waals surface area contributed by atoms with Gasteiger partial charge in [-0.05, 0) is 56.8 Å². The number of nitrogens with one attached hydrogen (secondary N) is 2. The molecule has 0 saturated carbocycles. The normalized spacial score (nSPS) is 15.0. The van der Waals surface area contributed by atoms with Gasteiger partial charge in [-0.3, -0.25) is 0 Å². The van der Waals surface area contributed by atoms with E-state index in [1.54, 1.807) is 5.56 Å². The third kappa shape index (κ3) is 3.55. The molecule has 17 heavy (non-hydrogen) atoms. The van der Waals surface area contributed by atoms with Crippen LogP contribution in [0, 0.1) is 0 Å². The van der Waals surface area contributed by atoms with Gasteiger partial charge in [0.2, 0.25) is 0 Å². The number of hydrogen-bond donors (Lipinski definition) is 2. The standard InChI is InChI=1S/C15H24N2/c1-15(2,3)17-9-5-8-12-6-4-7-13-10-16-11-14(12)13/h4,6-7,16-17H,5,8-11H2,1-3H3. The van der Waals surface area contributed by atoms with Crippen molar-refractivity contribution in [2.45, 2.75) is 52.2 Å². The molecule has 0 radical (unpaired) electrons. The van der Waals surface area contributed by atoms with E-state index in [4.69, 9.17) is 0 Å². The molecule has 2 N–H and O–H groups in total. The Balaban J connectivity index is 1.86. The fourth-order valence-electron chi connectivity index (χ4n) is 2.38. The average molecular weight is 232 g/mol. The van der Waals surface area contributed by atoms with Gasteiger partial charge in [-0.1, -0.05) is 18.2 Å². The Morgan fingerprint density at radius 2 is 2.06 bits per heavy atom. The zero-order valence-electron chi connectivity index (χ0n) is 11.3. The first-order chi connectivity index (χ1) is 8.06. The second kappa shape index (κ2) is 5.19. The van der Waals surface area contributed by atoms with Crippen LogP contribution in [0.3, 0.4) is 0 Å². The van der Waals surface area contributed by atoms with E-state index in [-0.39, 0.29) is 5.54 Å². The van der Waals surface area contributed by atoms with Gasteiger partial charge in [0.15, 0.2) is 0 Å². The van der Waals surface area contributed by atoms with Crippen molar-refractivity contribution in [3.63, 3.8) is 0 Å². The summed E-state index contributed by atoms with van der Waals surface area (Å²) in [4.78, 5) is 0. The van der Waals surface area contributed by atoms with Crippen LogP contribution in [0.4, 0.5) is 0 Å². The highest BCUT2D eigenvalue weighted by Crippen LogP contribution is 2.20. The van der Waals surface area contributed by atoms with Gasteiger partial charge < -0.3 is 10.6 Å². The third-order valence-electron chi connectivity index (χ3n) is 3.27. The van der Waals surface area contributed by atoms with Crippen molar-refractivity contribution in [3.8, 4) is 0 Å². The van der Waals surface area contributed by atoms with E-state index < -0.39 is 0 Å². The smallest absolute Gasteiger partial charge is 0.0214 e. The van der Waals surface area contributed by atoms with Crippen LogP contribution in [0.2, 0.25) is 0 Å². The molecular formula is C15H24N2. The minimum atomic E-state index is 0.236. The van der Waals surface area contributed by atoms with Crippen LogP contribution in [0.5, 0.6) is 0 Å². The Kier molecular flexibility index (Phi) is 3.85. The number of aryl methyl sites for hydroxylation is 1. The summed E-state index contributed by atoms with van der Waals surface area (Å²) < 4.78 is 0. The molecule has 0 fully saturated rings. The average Bonchev–Trinajstić information content (AvgIpc) is 2.71. The maximum Gasteiger partial charge on any atom is 0.0214 e. The summed E-state index contributed by atoms with van der Waals surface area (Å²) >= 11 is 0. The highest BCUT2D eigenvalue weighted by molar-refractivity contribution is 5.37. The fourth-order valence-corrected chi connectivity index (χ4v) is 2.38. The Labute approximate surface area is 105 Å². The Bertz CT molecular complexity index is 377. The summed E-state index contributed by atoms with van der Waals surface area (Å²) in [6, 6.07) is 6.72. The lowest BCUT2D eigenvalue weighted by molar-refractivity contribution is 0.422. The molecule has 0 atom stereocenters. The van der Waals surface area contributed by atoms with Crippen LogP contribution in [0.15, 0.2) is 18.2 Å². The molecule has 0 amide bonds. The summed E-state index contributed by atoms with van der Waals surface area (Å²) in [5.41, 5.74) is 4.80. The van der Waals surface area contributed by atoms with Crippen molar-refractivity contribution in [3.05, 3.63) is 34.9 Å². The summed E-state index contributed by atoms with van der Waals surface area (Å²) in [5, 5.41) is 6.97. The maximum absolute atomic E-state index is 3.54. The predicted octanol–water partition coefficient (Wildman–Crippen LogP) is 2.61. The van der Waals surface area contributed by atoms with Gasteiger partial charge in [-0.15, -0.1) is 0 Å². The molecule has 0 aromatic heterocycles. The lowest BCUT2D eigenvalue weighted by Crippen LogP contribution is -2.36. The second-order valence-corrected chi connectivity index (χ2v) is 5.94. The molecule has 0 aliphatic carbocycles. The van der Waals surface area contributed by atoms with E-state index in [1.807, 2.05) is 0 Å². The first-order valence-corrected chi connectivity index (χ1v) is 6.62. The van der Waals surface area contributed by atoms with Gasteiger partial charge in [-0.2, -0.15) is 0 Å². The van der Waals surface area contributed by atoms with E-state index >= 15 is 0 Å². The van der Waals surface area contributed by atoms with Gasteiger partial charge in [0.25, 0.3) is 0 Å². The third-order valence-corrected chi connectivity index (χ3v) is 3.27. The van der Waals surface area contributed by atoms with E-state index in [9.17, 15) is 0 Å². The first kappa shape index (κ1) is 12.6. The molecule has 0 saturated heterocycles. The number of fused-ring (bicyclic) bond motifs is 1. The number of benzene rings is 1. The molecular weight excluding hydrogens is 208 g/mol. The topological polar surface area (TPSA) is 24.1 Å². The van der Waals surface area contributed by atoms with E-state index in [0.29, 0.717) is 0 Å². The van der Waals surface area contributed by atoms with Crippen LogP contribution in [-0.2, 0) is 19.5 Å². The van der Waals surface area contributed by atoms with Gasteiger partial charge in [0.05, 0.1) is 0 Å². The summed E-state index contributed by atoms with van der Waals surface area (Å²) in [5.74, 6) is 0. The molecule has 0 unspecified atom stereocenters. The van der Waals surface area contributed by atoms with Crippen molar-refractivity contribution in [2.75, 3.05) is 6.54 Å². The zero-order valence-corrected chi connectivity index (χ0v) is 11.3. The van der Waals surface area contributed by atoms with E-state index in [0.717, 1.165) is 19.6 Å². The van der Waals surface area contributed by atoms with Crippen LogP contribution in [-0.4, -0.2) is 12.1 Å². The van der Waals surface area contributed by atoms with Crippen molar-refractivity contribution in [2.24, 2.45) is 0 Å². The molecule has 2 nitrogen and oxygen atoms in total. The molecule has 0 bridgehead atoms. The summed E-state index contributed by atoms with van der Waals surface area (Å²) in [6.07, 6.45) is 2.40. The lowest BCUT2D eigenvalue weighted by atomic mass is 9.99.